The normalized spacial score (nSPS) is 21.6. The van der Waals surface area contributed by atoms with E-state index in [-0.39, 0.29) is 0 Å². The summed E-state index contributed by atoms with van der Waals surface area (Å²) in [6, 6.07) is 8.67. The van der Waals surface area contributed by atoms with Crippen LogP contribution in [0.1, 0.15) is 18.9 Å². The van der Waals surface area contributed by atoms with Crippen molar-refractivity contribution in [3.8, 4) is 0 Å². The highest BCUT2D eigenvalue weighted by Gasteiger charge is 2.20. The molecule has 1 aromatic carbocycles. The summed E-state index contributed by atoms with van der Waals surface area (Å²) in [7, 11) is 0. The standard InChI is InChI=1S/C12H16BrN/c1-10-6-7-14(9-10)12-5-3-2-4-11(12)8-13/h2-5,10H,6-9H2,1H3. The van der Waals surface area contributed by atoms with Crippen LogP contribution in [0.4, 0.5) is 5.69 Å². The Kier molecular flexibility index (Phi) is 3.12. The first-order valence-corrected chi connectivity index (χ1v) is 6.32. The van der Waals surface area contributed by atoms with Crippen molar-refractivity contribution in [2.45, 2.75) is 18.7 Å². The number of nitrogens with zero attached hydrogens (tertiary/aromatic N) is 1. The molecule has 1 aliphatic rings. The Hall–Kier alpha value is -0.500. The maximum atomic E-state index is 3.54. The molecule has 0 amide bonds. The Morgan fingerprint density at radius 2 is 2.21 bits per heavy atom. The molecule has 1 aromatic rings. The van der Waals surface area contributed by atoms with Gasteiger partial charge in [-0.3, -0.25) is 0 Å². The smallest absolute Gasteiger partial charge is 0.0407 e. The molecule has 0 bridgehead atoms. The van der Waals surface area contributed by atoms with Gasteiger partial charge in [0.1, 0.15) is 0 Å². The lowest BCUT2D eigenvalue weighted by molar-refractivity contribution is 0.659. The Morgan fingerprint density at radius 3 is 2.86 bits per heavy atom. The predicted octanol–water partition coefficient (Wildman–Crippen LogP) is 3.43. The number of para-hydroxylation sites is 1. The zero-order valence-corrected chi connectivity index (χ0v) is 10.1. The average Bonchev–Trinajstić information content (AvgIpc) is 2.65. The number of hydrogen-bond donors (Lipinski definition) is 0. The van der Waals surface area contributed by atoms with Crippen LogP contribution in [0.3, 0.4) is 0 Å². The minimum Gasteiger partial charge on any atom is -0.371 e. The molecule has 1 fully saturated rings. The lowest BCUT2D eigenvalue weighted by Gasteiger charge is -2.20. The van der Waals surface area contributed by atoms with Gasteiger partial charge in [-0.1, -0.05) is 41.1 Å². The zero-order chi connectivity index (χ0) is 9.97. The molecule has 0 saturated carbocycles. The topological polar surface area (TPSA) is 3.24 Å². The monoisotopic (exact) mass is 253 g/mol. The van der Waals surface area contributed by atoms with Gasteiger partial charge in [0.05, 0.1) is 0 Å². The van der Waals surface area contributed by atoms with E-state index in [9.17, 15) is 0 Å². The van der Waals surface area contributed by atoms with Gasteiger partial charge < -0.3 is 4.90 Å². The fraction of sp³-hybridized carbons (Fsp3) is 0.500. The number of alkyl halides is 1. The molecule has 1 atom stereocenters. The van der Waals surface area contributed by atoms with Crippen molar-refractivity contribution < 1.29 is 0 Å². The summed E-state index contributed by atoms with van der Waals surface area (Å²) in [4.78, 5) is 2.50. The molecule has 1 heterocycles. The lowest BCUT2D eigenvalue weighted by atomic mass is 10.1. The van der Waals surface area contributed by atoms with Gasteiger partial charge >= 0.3 is 0 Å². The Bertz CT molecular complexity index is 311. The predicted molar refractivity (Wildman–Crippen MR) is 65.1 cm³/mol. The van der Waals surface area contributed by atoms with E-state index in [4.69, 9.17) is 0 Å². The molecular formula is C12H16BrN. The molecule has 1 unspecified atom stereocenters. The van der Waals surface area contributed by atoms with Crippen LogP contribution >= 0.6 is 15.9 Å². The Labute approximate surface area is 94.2 Å². The second-order valence-corrected chi connectivity index (χ2v) is 4.66. The molecule has 2 heteroatoms. The van der Waals surface area contributed by atoms with E-state index >= 15 is 0 Å². The summed E-state index contributed by atoms with van der Waals surface area (Å²) in [5.41, 5.74) is 2.82. The second kappa shape index (κ2) is 4.35. The van der Waals surface area contributed by atoms with Gasteiger partial charge in [-0.05, 0) is 24.0 Å². The molecule has 0 radical (unpaired) electrons. The zero-order valence-electron chi connectivity index (χ0n) is 8.54. The molecule has 2 rings (SSSR count). The van der Waals surface area contributed by atoms with Crippen molar-refractivity contribution in [1.82, 2.24) is 0 Å². The first-order chi connectivity index (χ1) is 6.81. The molecule has 0 aliphatic carbocycles. The largest absolute Gasteiger partial charge is 0.371 e. The average molecular weight is 254 g/mol. The highest BCUT2D eigenvalue weighted by molar-refractivity contribution is 9.08. The summed E-state index contributed by atoms with van der Waals surface area (Å²) in [5, 5.41) is 0.952. The molecule has 14 heavy (non-hydrogen) atoms. The quantitative estimate of drug-likeness (QED) is 0.731. The fourth-order valence-corrected chi connectivity index (χ4v) is 2.56. The fourth-order valence-electron chi connectivity index (χ4n) is 2.09. The Balaban J connectivity index is 2.22. The number of anilines is 1. The third kappa shape index (κ3) is 1.95. The van der Waals surface area contributed by atoms with Gasteiger partial charge in [0, 0.05) is 24.1 Å². The highest BCUT2D eigenvalue weighted by Crippen LogP contribution is 2.27. The molecule has 0 N–H and O–H groups in total. The first kappa shape index (κ1) is 10.0. The minimum absolute atomic E-state index is 0.846. The van der Waals surface area contributed by atoms with Gasteiger partial charge in [0.15, 0.2) is 0 Å². The van der Waals surface area contributed by atoms with E-state index < -0.39 is 0 Å². The third-order valence-electron chi connectivity index (χ3n) is 2.90. The number of hydrogen-bond acceptors (Lipinski definition) is 1. The van der Waals surface area contributed by atoms with E-state index in [2.05, 4.69) is 52.0 Å². The van der Waals surface area contributed by atoms with Gasteiger partial charge in [0.25, 0.3) is 0 Å². The number of halogens is 1. The lowest BCUT2D eigenvalue weighted by Crippen LogP contribution is -2.20. The first-order valence-electron chi connectivity index (χ1n) is 5.20. The van der Waals surface area contributed by atoms with Crippen LogP contribution in [0.25, 0.3) is 0 Å². The van der Waals surface area contributed by atoms with Gasteiger partial charge in [0.2, 0.25) is 0 Å². The van der Waals surface area contributed by atoms with E-state index in [1.165, 1.54) is 30.8 Å². The molecular weight excluding hydrogens is 238 g/mol. The summed E-state index contributed by atoms with van der Waals surface area (Å²) < 4.78 is 0. The molecule has 1 nitrogen and oxygen atoms in total. The number of rotatable bonds is 2. The highest BCUT2D eigenvalue weighted by atomic mass is 79.9. The van der Waals surface area contributed by atoms with Crippen LogP contribution in [-0.4, -0.2) is 13.1 Å². The molecule has 0 spiro atoms. The maximum absolute atomic E-state index is 3.54. The van der Waals surface area contributed by atoms with Gasteiger partial charge in [-0.25, -0.2) is 0 Å². The summed E-state index contributed by atoms with van der Waals surface area (Å²) in [6.07, 6.45) is 1.33. The maximum Gasteiger partial charge on any atom is 0.0407 e. The molecule has 1 aliphatic heterocycles. The van der Waals surface area contributed by atoms with Crippen LogP contribution in [-0.2, 0) is 5.33 Å². The molecule has 1 saturated heterocycles. The van der Waals surface area contributed by atoms with Crippen molar-refractivity contribution in [2.24, 2.45) is 5.92 Å². The Morgan fingerprint density at radius 1 is 1.43 bits per heavy atom. The van der Waals surface area contributed by atoms with Crippen molar-refractivity contribution in [2.75, 3.05) is 18.0 Å². The van der Waals surface area contributed by atoms with E-state index in [0.717, 1.165) is 11.2 Å². The van der Waals surface area contributed by atoms with Crippen LogP contribution < -0.4 is 4.90 Å². The van der Waals surface area contributed by atoms with E-state index in [0.29, 0.717) is 0 Å². The minimum atomic E-state index is 0.846. The molecule has 0 aromatic heterocycles. The van der Waals surface area contributed by atoms with Gasteiger partial charge in [-0.2, -0.15) is 0 Å². The van der Waals surface area contributed by atoms with E-state index in [1.807, 2.05) is 0 Å². The van der Waals surface area contributed by atoms with Crippen molar-refractivity contribution in [1.29, 1.82) is 0 Å². The third-order valence-corrected chi connectivity index (χ3v) is 3.50. The van der Waals surface area contributed by atoms with Crippen molar-refractivity contribution >= 4 is 21.6 Å². The SMILES string of the molecule is CC1CCN(c2ccccc2CBr)C1. The van der Waals surface area contributed by atoms with Crippen LogP contribution in [0, 0.1) is 5.92 Å². The van der Waals surface area contributed by atoms with E-state index in [1.54, 1.807) is 0 Å². The van der Waals surface area contributed by atoms with Crippen LogP contribution in [0.2, 0.25) is 0 Å². The summed E-state index contributed by atoms with van der Waals surface area (Å²) >= 11 is 3.54. The van der Waals surface area contributed by atoms with Gasteiger partial charge in [-0.15, -0.1) is 0 Å². The summed E-state index contributed by atoms with van der Waals surface area (Å²) in [6.45, 7) is 4.76. The van der Waals surface area contributed by atoms with Crippen LogP contribution in [0.15, 0.2) is 24.3 Å². The number of benzene rings is 1. The van der Waals surface area contributed by atoms with Crippen molar-refractivity contribution in [3.05, 3.63) is 29.8 Å². The summed E-state index contributed by atoms with van der Waals surface area (Å²) in [5.74, 6) is 0.846. The van der Waals surface area contributed by atoms with Crippen LogP contribution in [0.5, 0.6) is 0 Å². The van der Waals surface area contributed by atoms with Crippen molar-refractivity contribution in [3.63, 3.8) is 0 Å². The second-order valence-electron chi connectivity index (χ2n) is 4.10. The molecule has 76 valence electrons.